The highest BCUT2D eigenvalue weighted by molar-refractivity contribution is 6.11. The summed E-state index contributed by atoms with van der Waals surface area (Å²) >= 11 is 0. The number of nitrogen functional groups attached to an aromatic ring is 1. The Balaban J connectivity index is 1.64. The molecule has 0 saturated heterocycles. The Morgan fingerprint density at radius 2 is 1.61 bits per heavy atom. The van der Waals surface area contributed by atoms with Gasteiger partial charge in [0.25, 0.3) is 5.91 Å². The number of nitrogens with one attached hydrogen (secondary N) is 1. The number of ether oxygens (including phenoxy) is 1. The number of hydrogen-bond acceptors (Lipinski definition) is 5. The number of hydrogen-bond donors (Lipinski definition) is 2. The predicted octanol–water partition coefficient (Wildman–Crippen LogP) is 4.48. The zero-order valence-electron chi connectivity index (χ0n) is 18.2. The van der Waals surface area contributed by atoms with Gasteiger partial charge in [0.2, 0.25) is 0 Å². The van der Waals surface area contributed by atoms with E-state index in [0.29, 0.717) is 35.4 Å². The summed E-state index contributed by atoms with van der Waals surface area (Å²) in [6, 6.07) is 24.8. The SMILES string of the molecule is CCOc1ccc(-n2c(N)c(C(=O)NCc3ccccc3)c3nc4ccccc4nc32)cc1. The third-order valence-electron chi connectivity index (χ3n) is 5.43. The second kappa shape index (κ2) is 8.63. The number of aromatic nitrogens is 3. The van der Waals surface area contributed by atoms with Crippen LogP contribution in [0, 0.1) is 0 Å². The van der Waals surface area contributed by atoms with Crippen molar-refractivity contribution >= 4 is 33.9 Å². The van der Waals surface area contributed by atoms with Gasteiger partial charge in [0.15, 0.2) is 5.65 Å². The Morgan fingerprint density at radius 3 is 2.30 bits per heavy atom. The number of carbonyl (C=O) groups excluding carboxylic acids is 1. The molecule has 0 fully saturated rings. The molecule has 5 aromatic rings. The molecule has 0 radical (unpaired) electrons. The third-order valence-corrected chi connectivity index (χ3v) is 5.43. The number of anilines is 1. The first-order valence-corrected chi connectivity index (χ1v) is 10.8. The van der Waals surface area contributed by atoms with Gasteiger partial charge in [0.1, 0.15) is 22.6 Å². The standard InChI is InChI=1S/C26H23N5O2/c1-2-33-19-14-12-18(13-15-19)31-24(27)22(26(32)28-16-17-8-4-3-5-9-17)23-25(31)30-21-11-7-6-10-20(21)29-23/h3-15H,2,16,27H2,1H3,(H,28,32). The fourth-order valence-electron chi connectivity index (χ4n) is 3.87. The zero-order chi connectivity index (χ0) is 22.8. The molecule has 0 aliphatic heterocycles. The van der Waals surface area contributed by atoms with Gasteiger partial charge in [-0.3, -0.25) is 9.36 Å². The minimum Gasteiger partial charge on any atom is -0.494 e. The number of carbonyl (C=O) groups is 1. The molecule has 5 rings (SSSR count). The fraction of sp³-hybridized carbons (Fsp3) is 0.115. The molecule has 7 heteroatoms. The van der Waals surface area contributed by atoms with Crippen LogP contribution in [0.5, 0.6) is 5.75 Å². The number of fused-ring (bicyclic) bond motifs is 2. The van der Waals surface area contributed by atoms with Crippen LogP contribution in [0.4, 0.5) is 5.82 Å². The van der Waals surface area contributed by atoms with E-state index in [-0.39, 0.29) is 11.7 Å². The van der Waals surface area contributed by atoms with Gasteiger partial charge in [-0.15, -0.1) is 0 Å². The molecule has 0 aliphatic carbocycles. The lowest BCUT2D eigenvalue weighted by atomic mass is 10.2. The third kappa shape index (κ3) is 3.85. The van der Waals surface area contributed by atoms with Gasteiger partial charge in [-0.05, 0) is 48.9 Å². The average Bonchev–Trinajstić information content (AvgIpc) is 3.13. The maximum atomic E-state index is 13.3. The lowest BCUT2D eigenvalue weighted by molar-refractivity contribution is 0.0953. The maximum Gasteiger partial charge on any atom is 0.257 e. The molecule has 0 atom stereocenters. The van der Waals surface area contributed by atoms with Crippen molar-refractivity contribution in [2.24, 2.45) is 0 Å². The largest absolute Gasteiger partial charge is 0.494 e. The summed E-state index contributed by atoms with van der Waals surface area (Å²) in [5.41, 5.74) is 11.1. The van der Waals surface area contributed by atoms with Crippen LogP contribution in [0.1, 0.15) is 22.8 Å². The van der Waals surface area contributed by atoms with Crippen LogP contribution in [-0.4, -0.2) is 27.0 Å². The van der Waals surface area contributed by atoms with Crippen LogP contribution in [0.25, 0.3) is 27.9 Å². The molecule has 33 heavy (non-hydrogen) atoms. The smallest absolute Gasteiger partial charge is 0.257 e. The molecule has 7 nitrogen and oxygen atoms in total. The Kier molecular flexibility index (Phi) is 5.36. The Hall–Kier alpha value is -4.39. The zero-order valence-corrected chi connectivity index (χ0v) is 18.2. The average molecular weight is 438 g/mol. The van der Waals surface area contributed by atoms with Gasteiger partial charge in [-0.2, -0.15) is 0 Å². The normalized spacial score (nSPS) is 11.1. The van der Waals surface area contributed by atoms with E-state index in [4.69, 9.17) is 20.4 Å². The van der Waals surface area contributed by atoms with E-state index in [1.165, 1.54) is 0 Å². The number of nitrogens with two attached hydrogens (primary N) is 1. The van der Waals surface area contributed by atoms with Gasteiger partial charge < -0.3 is 15.8 Å². The van der Waals surface area contributed by atoms with Gasteiger partial charge in [-0.25, -0.2) is 9.97 Å². The summed E-state index contributed by atoms with van der Waals surface area (Å²) in [7, 11) is 0. The molecule has 2 heterocycles. The van der Waals surface area contributed by atoms with E-state index in [2.05, 4.69) is 5.32 Å². The van der Waals surface area contributed by atoms with E-state index in [1.807, 2.05) is 85.8 Å². The van der Waals surface area contributed by atoms with Crippen LogP contribution >= 0.6 is 0 Å². The number of rotatable bonds is 6. The number of para-hydroxylation sites is 2. The summed E-state index contributed by atoms with van der Waals surface area (Å²) in [6.07, 6.45) is 0. The van der Waals surface area contributed by atoms with Crippen LogP contribution in [-0.2, 0) is 6.54 Å². The Bertz CT molecular complexity index is 1440. The van der Waals surface area contributed by atoms with Crippen molar-refractivity contribution in [2.75, 3.05) is 12.3 Å². The van der Waals surface area contributed by atoms with E-state index in [0.717, 1.165) is 22.5 Å². The minimum atomic E-state index is -0.296. The van der Waals surface area contributed by atoms with Crippen molar-refractivity contribution < 1.29 is 9.53 Å². The quantitative estimate of drug-likeness (QED) is 0.408. The monoisotopic (exact) mass is 437 g/mol. The molecule has 3 N–H and O–H groups in total. The summed E-state index contributed by atoms with van der Waals surface area (Å²) in [5, 5.41) is 2.97. The fourth-order valence-corrected chi connectivity index (χ4v) is 3.87. The molecular weight excluding hydrogens is 414 g/mol. The molecule has 0 aliphatic rings. The van der Waals surface area contributed by atoms with Crippen molar-refractivity contribution in [1.29, 1.82) is 0 Å². The second-order valence-corrected chi connectivity index (χ2v) is 7.58. The number of nitrogens with zero attached hydrogens (tertiary/aromatic N) is 3. The highest BCUT2D eigenvalue weighted by atomic mass is 16.5. The topological polar surface area (TPSA) is 95.1 Å². The van der Waals surface area contributed by atoms with Crippen LogP contribution in [0.15, 0.2) is 78.9 Å². The number of benzene rings is 3. The lowest BCUT2D eigenvalue weighted by Gasteiger charge is -2.10. The Labute approximate surface area is 190 Å². The maximum absolute atomic E-state index is 13.3. The Morgan fingerprint density at radius 1 is 0.939 bits per heavy atom. The molecule has 164 valence electrons. The van der Waals surface area contributed by atoms with Crippen LogP contribution < -0.4 is 15.8 Å². The van der Waals surface area contributed by atoms with Crippen molar-refractivity contribution in [1.82, 2.24) is 19.9 Å². The van der Waals surface area contributed by atoms with Crippen molar-refractivity contribution in [3.63, 3.8) is 0 Å². The molecule has 3 aromatic carbocycles. The molecule has 0 bridgehead atoms. The van der Waals surface area contributed by atoms with Gasteiger partial charge >= 0.3 is 0 Å². The molecule has 0 saturated carbocycles. The van der Waals surface area contributed by atoms with E-state index in [1.54, 1.807) is 4.57 Å². The van der Waals surface area contributed by atoms with Crippen molar-refractivity contribution in [2.45, 2.75) is 13.5 Å². The summed E-state index contributed by atoms with van der Waals surface area (Å²) < 4.78 is 7.32. The summed E-state index contributed by atoms with van der Waals surface area (Å²) in [4.78, 5) is 22.8. The van der Waals surface area contributed by atoms with Gasteiger partial charge in [-0.1, -0.05) is 42.5 Å². The molecule has 2 aromatic heterocycles. The first-order chi connectivity index (χ1) is 16.2. The second-order valence-electron chi connectivity index (χ2n) is 7.58. The van der Waals surface area contributed by atoms with E-state index >= 15 is 0 Å². The first kappa shape index (κ1) is 20.5. The molecule has 0 unspecified atom stereocenters. The highest BCUT2D eigenvalue weighted by Crippen LogP contribution is 2.31. The van der Waals surface area contributed by atoms with Crippen LogP contribution in [0.3, 0.4) is 0 Å². The molecule has 0 spiro atoms. The minimum absolute atomic E-state index is 0.287. The molecule has 1 amide bonds. The number of amides is 1. The lowest BCUT2D eigenvalue weighted by Crippen LogP contribution is -2.23. The van der Waals surface area contributed by atoms with Crippen LogP contribution in [0.2, 0.25) is 0 Å². The predicted molar refractivity (Wildman–Crippen MR) is 130 cm³/mol. The first-order valence-electron chi connectivity index (χ1n) is 10.8. The van der Waals surface area contributed by atoms with Gasteiger partial charge in [0, 0.05) is 12.2 Å². The summed E-state index contributed by atoms with van der Waals surface area (Å²) in [6.45, 7) is 2.90. The van der Waals surface area contributed by atoms with Gasteiger partial charge in [0.05, 0.1) is 17.6 Å². The molecular formula is C26H23N5O2. The summed E-state index contributed by atoms with van der Waals surface area (Å²) in [5.74, 6) is 0.749. The van der Waals surface area contributed by atoms with Crippen molar-refractivity contribution in [3.05, 3.63) is 90.0 Å². The van der Waals surface area contributed by atoms with E-state index in [9.17, 15) is 4.79 Å². The van der Waals surface area contributed by atoms with E-state index < -0.39 is 0 Å². The highest BCUT2D eigenvalue weighted by Gasteiger charge is 2.24. The van der Waals surface area contributed by atoms with Crippen molar-refractivity contribution in [3.8, 4) is 11.4 Å².